The van der Waals surface area contributed by atoms with Gasteiger partial charge in [0.05, 0.1) is 21.4 Å². The summed E-state index contributed by atoms with van der Waals surface area (Å²) in [7, 11) is -4.10. The van der Waals surface area contributed by atoms with Gasteiger partial charge in [0.2, 0.25) is 0 Å². The monoisotopic (exact) mass is 465 g/mol. The first kappa shape index (κ1) is 20.3. The lowest BCUT2D eigenvalue weighted by molar-refractivity contribution is 0.593. The number of fused-ring (bicyclic) bond motifs is 2. The predicted molar refractivity (Wildman–Crippen MR) is 124 cm³/mol. The number of nitrogens with one attached hydrogen (secondary N) is 2. The SMILES string of the molecule is Cc1ccc(S(=O)(=O)Nc2nc3ccccc3nc2Nc2ccc3nscc3c2)cc1F. The first-order valence-electron chi connectivity index (χ1n) is 9.56. The van der Waals surface area contributed by atoms with E-state index in [2.05, 4.69) is 24.4 Å². The molecule has 0 atom stereocenters. The van der Waals surface area contributed by atoms with Crippen LogP contribution in [0, 0.1) is 12.7 Å². The van der Waals surface area contributed by atoms with Crippen LogP contribution in [-0.2, 0) is 10.0 Å². The van der Waals surface area contributed by atoms with Gasteiger partial charge in [-0.3, -0.25) is 4.72 Å². The van der Waals surface area contributed by atoms with Crippen LogP contribution in [0.2, 0.25) is 0 Å². The Morgan fingerprint density at radius 2 is 1.66 bits per heavy atom. The van der Waals surface area contributed by atoms with Gasteiger partial charge in [0.1, 0.15) is 5.82 Å². The predicted octanol–water partition coefficient (Wildman–Crippen LogP) is 5.23. The van der Waals surface area contributed by atoms with Gasteiger partial charge >= 0.3 is 0 Å². The third kappa shape index (κ3) is 3.85. The summed E-state index contributed by atoms with van der Waals surface area (Å²) in [6, 6.07) is 16.5. The number of anilines is 3. The van der Waals surface area contributed by atoms with Crippen molar-refractivity contribution in [2.45, 2.75) is 11.8 Å². The van der Waals surface area contributed by atoms with E-state index < -0.39 is 15.8 Å². The zero-order valence-corrected chi connectivity index (χ0v) is 18.3. The van der Waals surface area contributed by atoms with Crippen molar-refractivity contribution in [1.82, 2.24) is 14.3 Å². The van der Waals surface area contributed by atoms with Crippen molar-refractivity contribution in [1.29, 1.82) is 0 Å². The number of halogens is 1. The van der Waals surface area contributed by atoms with Crippen LogP contribution in [-0.4, -0.2) is 22.8 Å². The Balaban J connectivity index is 1.58. The van der Waals surface area contributed by atoms with Crippen molar-refractivity contribution in [3.8, 4) is 0 Å². The van der Waals surface area contributed by atoms with E-state index in [4.69, 9.17) is 0 Å². The second kappa shape index (κ2) is 7.81. The molecule has 0 aliphatic heterocycles. The number of rotatable bonds is 5. The van der Waals surface area contributed by atoms with Gasteiger partial charge in [-0.1, -0.05) is 18.2 Å². The second-order valence-corrected chi connectivity index (χ2v) is 9.45. The molecule has 5 rings (SSSR count). The maximum atomic E-state index is 14.0. The lowest BCUT2D eigenvalue weighted by Gasteiger charge is -2.14. The van der Waals surface area contributed by atoms with Crippen LogP contribution in [0.25, 0.3) is 21.9 Å². The van der Waals surface area contributed by atoms with Crippen molar-refractivity contribution < 1.29 is 12.8 Å². The van der Waals surface area contributed by atoms with Crippen molar-refractivity contribution in [3.05, 3.63) is 77.4 Å². The third-order valence-corrected chi connectivity index (χ3v) is 6.87. The highest BCUT2D eigenvalue weighted by Crippen LogP contribution is 2.29. The Kier molecular flexibility index (Phi) is 4.95. The van der Waals surface area contributed by atoms with Gasteiger partial charge in [0, 0.05) is 16.5 Å². The van der Waals surface area contributed by atoms with E-state index in [-0.39, 0.29) is 16.5 Å². The number of para-hydroxylation sites is 2. The molecule has 3 aromatic carbocycles. The molecule has 2 heterocycles. The number of aryl methyl sites for hydroxylation is 1. The Bertz CT molecular complexity index is 1580. The highest BCUT2D eigenvalue weighted by Gasteiger charge is 2.20. The number of nitrogens with zero attached hydrogens (tertiary/aromatic N) is 3. The molecule has 2 N–H and O–H groups in total. The molecule has 160 valence electrons. The standard InChI is InChI=1S/C22H16FN5O2S2/c1-13-6-8-16(11-17(13)23)32(29,30)28-22-21(25-19-4-2-3-5-20(19)26-22)24-15-7-9-18-14(10-15)12-31-27-18/h2-12H,1H3,(H,24,25)(H,26,28). The van der Waals surface area contributed by atoms with E-state index in [1.54, 1.807) is 25.1 Å². The highest BCUT2D eigenvalue weighted by atomic mass is 32.2. The molecule has 0 amide bonds. The molecule has 2 aromatic heterocycles. The molecular formula is C22H16FN5O2S2. The van der Waals surface area contributed by atoms with Crippen molar-refractivity contribution in [3.63, 3.8) is 0 Å². The molecule has 7 nitrogen and oxygen atoms in total. The van der Waals surface area contributed by atoms with Gasteiger partial charge < -0.3 is 5.32 Å². The summed E-state index contributed by atoms with van der Waals surface area (Å²) in [6.07, 6.45) is 0. The second-order valence-electron chi connectivity index (χ2n) is 7.14. The number of aromatic nitrogens is 3. The summed E-state index contributed by atoms with van der Waals surface area (Å²) in [5, 5.41) is 6.01. The molecular weight excluding hydrogens is 449 g/mol. The number of hydrogen-bond acceptors (Lipinski definition) is 7. The molecule has 0 saturated carbocycles. The third-order valence-electron chi connectivity index (χ3n) is 4.88. The van der Waals surface area contributed by atoms with E-state index >= 15 is 0 Å². The van der Waals surface area contributed by atoms with Crippen LogP contribution in [0.15, 0.2) is 70.9 Å². The normalized spacial score (nSPS) is 11.7. The minimum atomic E-state index is -4.10. The number of benzene rings is 3. The molecule has 10 heteroatoms. The smallest absolute Gasteiger partial charge is 0.263 e. The van der Waals surface area contributed by atoms with Gasteiger partial charge in [-0.2, -0.15) is 4.37 Å². The van der Waals surface area contributed by atoms with Crippen LogP contribution >= 0.6 is 11.5 Å². The average Bonchev–Trinajstić information content (AvgIpc) is 3.23. The van der Waals surface area contributed by atoms with E-state index in [1.165, 1.54) is 23.7 Å². The molecule has 32 heavy (non-hydrogen) atoms. The molecule has 0 aliphatic rings. The Morgan fingerprint density at radius 1 is 0.906 bits per heavy atom. The van der Waals surface area contributed by atoms with Crippen molar-refractivity contribution in [2.75, 3.05) is 10.0 Å². The maximum Gasteiger partial charge on any atom is 0.263 e. The Hall–Kier alpha value is -3.63. The molecule has 0 fully saturated rings. The van der Waals surface area contributed by atoms with E-state index in [0.29, 0.717) is 22.3 Å². The first-order valence-corrected chi connectivity index (χ1v) is 11.9. The topological polar surface area (TPSA) is 96.9 Å². The van der Waals surface area contributed by atoms with Crippen molar-refractivity contribution in [2.24, 2.45) is 0 Å². The Morgan fingerprint density at radius 3 is 2.41 bits per heavy atom. The highest BCUT2D eigenvalue weighted by molar-refractivity contribution is 7.92. The Labute approximate surface area is 187 Å². The van der Waals surface area contributed by atoms with E-state index in [1.807, 2.05) is 29.6 Å². The van der Waals surface area contributed by atoms with Crippen LogP contribution in [0.4, 0.5) is 21.7 Å². The zero-order valence-electron chi connectivity index (χ0n) is 16.7. The van der Waals surface area contributed by atoms with Gasteiger partial charge in [0.15, 0.2) is 11.6 Å². The summed E-state index contributed by atoms with van der Waals surface area (Å²) >= 11 is 1.35. The van der Waals surface area contributed by atoms with Crippen LogP contribution < -0.4 is 10.0 Å². The molecule has 0 bridgehead atoms. The van der Waals surface area contributed by atoms with Gasteiger partial charge in [-0.05, 0) is 66.5 Å². The number of hydrogen-bond donors (Lipinski definition) is 2. The van der Waals surface area contributed by atoms with Crippen molar-refractivity contribution >= 4 is 60.8 Å². The lowest BCUT2D eigenvalue weighted by atomic mass is 10.2. The zero-order chi connectivity index (χ0) is 22.3. The van der Waals surface area contributed by atoms with Crippen LogP contribution in [0.1, 0.15) is 5.56 Å². The van der Waals surface area contributed by atoms with Gasteiger partial charge in [0.25, 0.3) is 10.0 Å². The minimum absolute atomic E-state index is 0.00761. The molecule has 5 aromatic rings. The quantitative estimate of drug-likeness (QED) is 0.369. The van der Waals surface area contributed by atoms with Crippen LogP contribution in [0.5, 0.6) is 0 Å². The summed E-state index contributed by atoms with van der Waals surface area (Å²) < 4.78 is 46.7. The minimum Gasteiger partial charge on any atom is -0.337 e. The molecule has 0 radical (unpaired) electrons. The number of sulfonamides is 1. The summed E-state index contributed by atoms with van der Waals surface area (Å²) in [5.41, 5.74) is 3.03. The first-order chi connectivity index (χ1) is 15.4. The summed E-state index contributed by atoms with van der Waals surface area (Å²) in [4.78, 5) is 8.81. The average molecular weight is 466 g/mol. The van der Waals surface area contributed by atoms with E-state index in [9.17, 15) is 12.8 Å². The fourth-order valence-electron chi connectivity index (χ4n) is 3.17. The fraction of sp³-hybridized carbons (Fsp3) is 0.0455. The lowest BCUT2D eigenvalue weighted by Crippen LogP contribution is -2.16. The van der Waals surface area contributed by atoms with Gasteiger partial charge in [-0.25, -0.2) is 22.8 Å². The summed E-state index contributed by atoms with van der Waals surface area (Å²) in [6.45, 7) is 1.57. The maximum absolute atomic E-state index is 14.0. The van der Waals surface area contributed by atoms with E-state index in [0.717, 1.165) is 17.0 Å². The fourth-order valence-corrected chi connectivity index (χ4v) is 4.83. The molecule has 0 aliphatic carbocycles. The van der Waals surface area contributed by atoms with Crippen LogP contribution in [0.3, 0.4) is 0 Å². The molecule has 0 saturated heterocycles. The molecule has 0 spiro atoms. The largest absolute Gasteiger partial charge is 0.337 e. The molecule has 0 unspecified atom stereocenters. The van der Waals surface area contributed by atoms with Gasteiger partial charge in [-0.15, -0.1) is 0 Å². The summed E-state index contributed by atoms with van der Waals surface area (Å²) in [5.74, 6) is -0.371.